The molecular weight excluding hydrogens is 548 g/mol. The second kappa shape index (κ2) is 11.3. The van der Waals surface area contributed by atoms with E-state index in [-0.39, 0.29) is 5.56 Å². The zero-order chi connectivity index (χ0) is 28.5. The quantitative estimate of drug-likeness (QED) is 0.285. The van der Waals surface area contributed by atoms with Crippen molar-refractivity contribution in [3.05, 3.63) is 106 Å². The summed E-state index contributed by atoms with van der Waals surface area (Å²) < 4.78 is 8.40. The van der Waals surface area contributed by atoms with Crippen LogP contribution in [0.15, 0.2) is 83.7 Å². The Kier molecular flexibility index (Phi) is 7.10. The summed E-state index contributed by atoms with van der Waals surface area (Å²) in [6, 6.07) is 25.8. The molecule has 0 radical (unpaired) electrons. The minimum Gasteiger partial charge on any atom is -0.497 e. The third-order valence-corrected chi connectivity index (χ3v) is 8.97. The van der Waals surface area contributed by atoms with Crippen molar-refractivity contribution in [3.63, 3.8) is 0 Å². The first kappa shape index (κ1) is 26.3. The van der Waals surface area contributed by atoms with Gasteiger partial charge in [-0.1, -0.05) is 53.8 Å². The third-order valence-electron chi connectivity index (χ3n) is 7.87. The topological polar surface area (TPSA) is 105 Å². The Labute approximate surface area is 246 Å². The highest BCUT2D eigenvalue weighted by Gasteiger charge is 2.33. The molecule has 0 spiro atoms. The number of fused-ring (bicyclic) bond motifs is 2. The molecular formula is C31H30N8O2S. The molecule has 3 aromatic carbocycles. The number of aromatic nitrogens is 6. The Morgan fingerprint density at radius 1 is 0.976 bits per heavy atom. The largest absolute Gasteiger partial charge is 0.497 e. The molecule has 212 valence electrons. The van der Waals surface area contributed by atoms with Crippen LogP contribution < -0.4 is 15.2 Å². The SMILES string of the molecule is COc1ccc2cc(C(c3nnnn3CCc3ccccc3)N3CCN(c4nc5ccccc5s4)CC3)c(=O)[nH]c2c1. The summed E-state index contributed by atoms with van der Waals surface area (Å²) >= 11 is 1.72. The number of methoxy groups -OCH3 is 1. The van der Waals surface area contributed by atoms with E-state index in [0.717, 1.165) is 54.2 Å². The number of nitrogens with one attached hydrogen (secondary N) is 1. The third kappa shape index (κ3) is 5.12. The lowest BCUT2D eigenvalue weighted by molar-refractivity contribution is 0.199. The number of benzene rings is 3. The van der Waals surface area contributed by atoms with Gasteiger partial charge in [0.25, 0.3) is 5.56 Å². The van der Waals surface area contributed by atoms with Gasteiger partial charge in [0.2, 0.25) is 0 Å². The van der Waals surface area contributed by atoms with Gasteiger partial charge in [0, 0.05) is 44.4 Å². The number of pyridine rings is 1. The van der Waals surface area contributed by atoms with Gasteiger partial charge < -0.3 is 14.6 Å². The van der Waals surface area contributed by atoms with Crippen molar-refractivity contribution in [3.8, 4) is 5.75 Å². The van der Waals surface area contributed by atoms with Crippen LogP contribution in [0.1, 0.15) is 23.0 Å². The van der Waals surface area contributed by atoms with Crippen molar-refractivity contribution in [1.29, 1.82) is 0 Å². The summed E-state index contributed by atoms with van der Waals surface area (Å²) in [5.41, 5.74) is 3.42. The molecule has 11 heteroatoms. The highest BCUT2D eigenvalue weighted by atomic mass is 32.1. The predicted octanol–water partition coefficient (Wildman–Crippen LogP) is 4.29. The second-order valence-electron chi connectivity index (χ2n) is 10.4. The smallest absolute Gasteiger partial charge is 0.253 e. The summed E-state index contributed by atoms with van der Waals surface area (Å²) in [5, 5.41) is 14.9. The maximum atomic E-state index is 13.7. The van der Waals surface area contributed by atoms with E-state index in [1.807, 2.05) is 59.3 Å². The molecule has 0 bridgehead atoms. The minimum absolute atomic E-state index is 0.160. The number of H-pyrrole nitrogens is 1. The number of anilines is 1. The molecule has 1 N–H and O–H groups in total. The summed E-state index contributed by atoms with van der Waals surface area (Å²) in [6.07, 6.45) is 0.783. The molecule has 4 heterocycles. The monoisotopic (exact) mass is 578 g/mol. The van der Waals surface area contributed by atoms with Crippen LogP contribution in [0.2, 0.25) is 0 Å². The molecule has 0 saturated carbocycles. The lowest BCUT2D eigenvalue weighted by Crippen LogP contribution is -2.49. The fourth-order valence-corrected chi connectivity index (χ4v) is 6.66. The van der Waals surface area contributed by atoms with Crippen LogP contribution in [0.4, 0.5) is 5.13 Å². The maximum Gasteiger partial charge on any atom is 0.253 e. The molecule has 42 heavy (non-hydrogen) atoms. The zero-order valence-electron chi connectivity index (χ0n) is 23.2. The number of hydrogen-bond donors (Lipinski definition) is 1. The first-order valence-electron chi connectivity index (χ1n) is 14.0. The molecule has 10 nitrogen and oxygen atoms in total. The summed E-state index contributed by atoms with van der Waals surface area (Å²) in [4.78, 5) is 26.3. The van der Waals surface area contributed by atoms with Crippen LogP contribution in [0.5, 0.6) is 5.75 Å². The van der Waals surface area contributed by atoms with Crippen molar-refractivity contribution in [2.24, 2.45) is 0 Å². The number of tetrazole rings is 1. The standard InChI is InChI=1S/C31H30N8O2S/c1-41-23-12-11-22-19-24(30(40)32-26(22)20-23)28(29-34-35-36-39(29)14-13-21-7-3-2-4-8-21)37-15-17-38(18-16-37)31-33-25-9-5-6-10-27(25)42-31/h2-12,19-20,28H,13-18H2,1H3,(H,32,40). The second-order valence-corrected chi connectivity index (χ2v) is 11.4. The van der Waals surface area contributed by atoms with Crippen molar-refractivity contribution < 1.29 is 4.74 Å². The van der Waals surface area contributed by atoms with Crippen molar-refractivity contribution >= 4 is 37.6 Å². The Bertz CT molecular complexity index is 1860. The lowest BCUT2D eigenvalue weighted by Gasteiger charge is -2.38. The van der Waals surface area contributed by atoms with E-state index in [0.29, 0.717) is 23.7 Å². The van der Waals surface area contributed by atoms with Crippen molar-refractivity contribution in [2.75, 3.05) is 38.2 Å². The average molecular weight is 579 g/mol. The minimum atomic E-state index is -0.413. The van der Waals surface area contributed by atoms with Crippen LogP contribution >= 0.6 is 11.3 Å². The number of nitrogens with zero attached hydrogens (tertiary/aromatic N) is 7. The summed E-state index contributed by atoms with van der Waals surface area (Å²) in [7, 11) is 1.62. The number of ether oxygens (including phenoxy) is 1. The van der Waals surface area contributed by atoms with Crippen LogP contribution in [-0.2, 0) is 13.0 Å². The van der Waals surface area contributed by atoms with Crippen LogP contribution in [-0.4, -0.2) is 68.4 Å². The highest BCUT2D eigenvalue weighted by molar-refractivity contribution is 7.22. The molecule has 0 aliphatic carbocycles. The molecule has 1 unspecified atom stereocenters. The predicted molar refractivity (Wildman–Crippen MR) is 164 cm³/mol. The molecule has 1 aliphatic heterocycles. The van der Waals surface area contributed by atoms with Crippen LogP contribution in [0.25, 0.3) is 21.1 Å². The highest BCUT2D eigenvalue weighted by Crippen LogP contribution is 2.32. The number of aromatic amines is 1. The number of para-hydroxylation sites is 1. The molecule has 3 aromatic heterocycles. The van der Waals surface area contributed by atoms with Gasteiger partial charge in [0.15, 0.2) is 11.0 Å². The number of thiazole rings is 1. The van der Waals surface area contributed by atoms with E-state index >= 15 is 0 Å². The van der Waals surface area contributed by atoms with Gasteiger partial charge in [-0.05, 0) is 58.1 Å². The molecule has 1 saturated heterocycles. The van der Waals surface area contributed by atoms with Crippen LogP contribution in [0, 0.1) is 0 Å². The Balaban J connectivity index is 1.22. The normalized spacial score (nSPS) is 14.9. The summed E-state index contributed by atoms with van der Waals surface area (Å²) in [6.45, 7) is 3.63. The molecule has 1 atom stereocenters. The Morgan fingerprint density at radius 2 is 1.79 bits per heavy atom. The molecule has 7 rings (SSSR count). The van der Waals surface area contributed by atoms with Gasteiger partial charge >= 0.3 is 0 Å². The van der Waals surface area contributed by atoms with Gasteiger partial charge in [-0.3, -0.25) is 9.69 Å². The lowest BCUT2D eigenvalue weighted by atomic mass is 10.0. The molecule has 1 fully saturated rings. The van der Waals surface area contributed by atoms with Gasteiger partial charge in [0.1, 0.15) is 11.8 Å². The Morgan fingerprint density at radius 3 is 2.60 bits per heavy atom. The van der Waals surface area contributed by atoms with Crippen molar-refractivity contribution in [1.82, 2.24) is 35.1 Å². The van der Waals surface area contributed by atoms with E-state index in [4.69, 9.17) is 9.72 Å². The molecule has 6 aromatic rings. The van der Waals surface area contributed by atoms with Gasteiger partial charge in [-0.2, -0.15) is 0 Å². The first-order chi connectivity index (χ1) is 20.7. The van der Waals surface area contributed by atoms with Crippen LogP contribution in [0.3, 0.4) is 0 Å². The van der Waals surface area contributed by atoms with Gasteiger partial charge in [-0.25, -0.2) is 9.67 Å². The number of rotatable bonds is 8. The summed E-state index contributed by atoms with van der Waals surface area (Å²) in [5.74, 6) is 1.36. The van der Waals surface area contributed by atoms with E-state index in [1.54, 1.807) is 18.4 Å². The Hall–Kier alpha value is -4.61. The number of piperazine rings is 1. The van der Waals surface area contributed by atoms with E-state index in [1.165, 1.54) is 10.3 Å². The van der Waals surface area contributed by atoms with Gasteiger partial charge in [-0.15, -0.1) is 5.10 Å². The molecule has 0 amide bonds. The fraction of sp³-hybridized carbons (Fsp3) is 0.258. The first-order valence-corrected chi connectivity index (χ1v) is 14.8. The van der Waals surface area contributed by atoms with Gasteiger partial charge in [0.05, 0.1) is 22.8 Å². The zero-order valence-corrected chi connectivity index (χ0v) is 24.0. The molecule has 1 aliphatic rings. The van der Waals surface area contributed by atoms with E-state index in [9.17, 15) is 4.79 Å². The average Bonchev–Trinajstić information content (AvgIpc) is 3.68. The maximum absolute atomic E-state index is 13.7. The number of hydrogen-bond acceptors (Lipinski definition) is 9. The fourth-order valence-electron chi connectivity index (χ4n) is 5.64. The van der Waals surface area contributed by atoms with Crippen molar-refractivity contribution in [2.45, 2.75) is 19.0 Å². The number of aryl methyl sites for hydroxylation is 2. The van der Waals surface area contributed by atoms with E-state index < -0.39 is 6.04 Å². The van der Waals surface area contributed by atoms with E-state index in [2.05, 4.69) is 54.6 Å².